The number of hydrogen-bond acceptors (Lipinski definition) is 1. The molecule has 1 heterocycles. The minimum atomic E-state index is 0.111. The number of carbonyl (C=O) groups excluding carboxylic acids is 1. The van der Waals surface area contributed by atoms with Crippen molar-refractivity contribution in [2.45, 2.75) is 51.4 Å². The number of carbonyl (C=O) groups is 1. The van der Waals surface area contributed by atoms with Crippen LogP contribution in [-0.4, -0.2) is 23.9 Å². The molecule has 108 valence electrons. The molecule has 2 aliphatic rings. The van der Waals surface area contributed by atoms with Crippen LogP contribution in [0.15, 0.2) is 24.3 Å². The first-order valence-corrected chi connectivity index (χ1v) is 8.11. The molecule has 1 amide bonds. The van der Waals surface area contributed by atoms with E-state index < -0.39 is 0 Å². The Morgan fingerprint density at radius 1 is 1.15 bits per heavy atom. The van der Waals surface area contributed by atoms with Crippen LogP contribution in [0.5, 0.6) is 0 Å². The number of amides is 1. The number of benzene rings is 1. The summed E-state index contributed by atoms with van der Waals surface area (Å²) in [4.78, 5) is 14.5. The van der Waals surface area contributed by atoms with Crippen molar-refractivity contribution in [1.29, 1.82) is 0 Å². The van der Waals surface area contributed by atoms with Gasteiger partial charge >= 0.3 is 0 Å². The Kier molecular flexibility index (Phi) is 4.09. The van der Waals surface area contributed by atoms with Gasteiger partial charge in [-0.2, -0.15) is 0 Å². The third-order valence-corrected chi connectivity index (χ3v) is 4.66. The van der Waals surface area contributed by atoms with E-state index in [2.05, 4.69) is 36.1 Å². The summed E-state index contributed by atoms with van der Waals surface area (Å²) >= 11 is 0. The fourth-order valence-electron chi connectivity index (χ4n) is 3.21. The third kappa shape index (κ3) is 3.23. The molecule has 0 spiro atoms. The minimum Gasteiger partial charge on any atom is -0.342 e. The lowest BCUT2D eigenvalue weighted by molar-refractivity contribution is -0.135. The maximum absolute atomic E-state index is 12.4. The molecule has 0 radical (unpaired) electrons. The van der Waals surface area contributed by atoms with E-state index in [9.17, 15) is 4.79 Å². The zero-order chi connectivity index (χ0) is 13.9. The lowest BCUT2D eigenvalue weighted by Gasteiger charge is -2.29. The first-order chi connectivity index (χ1) is 9.74. The molecule has 1 aromatic carbocycles. The van der Waals surface area contributed by atoms with E-state index in [1.807, 2.05) is 0 Å². The Hall–Kier alpha value is -1.31. The molecule has 1 unspecified atom stereocenters. The molecule has 3 rings (SSSR count). The van der Waals surface area contributed by atoms with Gasteiger partial charge in [-0.05, 0) is 55.6 Å². The highest BCUT2D eigenvalue weighted by atomic mass is 16.2. The Balaban J connectivity index is 1.56. The molecular formula is C18H25NO. The third-order valence-electron chi connectivity index (χ3n) is 4.66. The summed E-state index contributed by atoms with van der Waals surface area (Å²) in [5, 5.41) is 0. The SMILES string of the molecule is CC(Cc1ccc(C2CC2)cc1)C(=O)N1CCCCC1. The van der Waals surface area contributed by atoms with E-state index in [4.69, 9.17) is 0 Å². The van der Waals surface area contributed by atoms with Crippen molar-refractivity contribution >= 4 is 5.91 Å². The van der Waals surface area contributed by atoms with Crippen LogP contribution >= 0.6 is 0 Å². The minimum absolute atomic E-state index is 0.111. The van der Waals surface area contributed by atoms with Gasteiger partial charge in [0.25, 0.3) is 0 Å². The van der Waals surface area contributed by atoms with Crippen molar-refractivity contribution in [3.05, 3.63) is 35.4 Å². The predicted molar refractivity (Wildman–Crippen MR) is 81.7 cm³/mol. The van der Waals surface area contributed by atoms with Gasteiger partial charge in [0.2, 0.25) is 5.91 Å². The molecular weight excluding hydrogens is 246 g/mol. The molecule has 0 bridgehead atoms. The van der Waals surface area contributed by atoms with Crippen LogP contribution in [0.4, 0.5) is 0 Å². The summed E-state index contributed by atoms with van der Waals surface area (Å²) in [6.07, 6.45) is 7.20. The van der Waals surface area contributed by atoms with E-state index >= 15 is 0 Å². The lowest BCUT2D eigenvalue weighted by Crippen LogP contribution is -2.39. The zero-order valence-electron chi connectivity index (χ0n) is 12.5. The van der Waals surface area contributed by atoms with Gasteiger partial charge in [0.15, 0.2) is 0 Å². The number of nitrogens with zero attached hydrogens (tertiary/aromatic N) is 1. The number of hydrogen-bond donors (Lipinski definition) is 0. The largest absolute Gasteiger partial charge is 0.342 e. The van der Waals surface area contributed by atoms with Gasteiger partial charge in [-0.25, -0.2) is 0 Å². The lowest BCUT2D eigenvalue weighted by atomic mass is 9.97. The average Bonchev–Trinajstić information content (AvgIpc) is 3.33. The molecule has 2 fully saturated rings. The topological polar surface area (TPSA) is 20.3 Å². The van der Waals surface area contributed by atoms with Gasteiger partial charge in [-0.15, -0.1) is 0 Å². The monoisotopic (exact) mass is 271 g/mol. The summed E-state index contributed by atoms with van der Waals surface area (Å²) in [5.41, 5.74) is 2.77. The van der Waals surface area contributed by atoms with Crippen LogP contribution in [0, 0.1) is 5.92 Å². The molecule has 2 heteroatoms. The molecule has 20 heavy (non-hydrogen) atoms. The van der Waals surface area contributed by atoms with Crippen molar-refractivity contribution in [2.75, 3.05) is 13.1 Å². The number of piperidine rings is 1. The zero-order valence-corrected chi connectivity index (χ0v) is 12.5. The van der Waals surface area contributed by atoms with E-state index in [-0.39, 0.29) is 5.92 Å². The van der Waals surface area contributed by atoms with Gasteiger partial charge in [0.1, 0.15) is 0 Å². The smallest absolute Gasteiger partial charge is 0.225 e. The second-order valence-electron chi connectivity index (χ2n) is 6.51. The van der Waals surface area contributed by atoms with Gasteiger partial charge < -0.3 is 4.90 Å². The summed E-state index contributed by atoms with van der Waals surface area (Å²) in [6, 6.07) is 8.94. The molecule has 0 aromatic heterocycles. The Bertz CT molecular complexity index is 455. The molecule has 1 atom stereocenters. The predicted octanol–water partition coefficient (Wildman–Crippen LogP) is 3.76. The number of likely N-dealkylation sites (tertiary alicyclic amines) is 1. The maximum Gasteiger partial charge on any atom is 0.225 e. The quantitative estimate of drug-likeness (QED) is 0.816. The van der Waals surface area contributed by atoms with Crippen LogP contribution in [0.3, 0.4) is 0 Å². The average molecular weight is 271 g/mol. The standard InChI is InChI=1S/C18H25NO/c1-14(18(20)19-11-3-2-4-12-19)13-15-5-7-16(8-6-15)17-9-10-17/h5-8,14,17H,2-4,9-13H2,1H3. The Morgan fingerprint density at radius 2 is 1.80 bits per heavy atom. The fraction of sp³-hybridized carbons (Fsp3) is 0.611. The molecule has 0 N–H and O–H groups in total. The van der Waals surface area contributed by atoms with Crippen molar-refractivity contribution in [3.63, 3.8) is 0 Å². The summed E-state index contributed by atoms with van der Waals surface area (Å²) in [7, 11) is 0. The summed E-state index contributed by atoms with van der Waals surface area (Å²) in [6.45, 7) is 4.00. The Morgan fingerprint density at radius 3 is 2.40 bits per heavy atom. The van der Waals surface area contributed by atoms with Crippen LogP contribution in [0.2, 0.25) is 0 Å². The van der Waals surface area contributed by atoms with Crippen LogP contribution < -0.4 is 0 Å². The summed E-state index contributed by atoms with van der Waals surface area (Å²) < 4.78 is 0. The molecule has 2 nitrogen and oxygen atoms in total. The second-order valence-corrected chi connectivity index (χ2v) is 6.51. The fourth-order valence-corrected chi connectivity index (χ4v) is 3.21. The van der Waals surface area contributed by atoms with Crippen molar-refractivity contribution < 1.29 is 4.79 Å². The first kappa shape index (κ1) is 13.7. The highest BCUT2D eigenvalue weighted by Gasteiger charge is 2.24. The number of rotatable bonds is 4. The molecule has 1 aliphatic heterocycles. The van der Waals surface area contributed by atoms with E-state index in [1.54, 1.807) is 0 Å². The van der Waals surface area contributed by atoms with Gasteiger partial charge in [-0.3, -0.25) is 4.79 Å². The van der Waals surface area contributed by atoms with Crippen molar-refractivity contribution in [2.24, 2.45) is 5.92 Å². The molecule has 1 aliphatic carbocycles. The van der Waals surface area contributed by atoms with Gasteiger partial charge in [0.05, 0.1) is 0 Å². The summed E-state index contributed by atoms with van der Waals surface area (Å²) in [5.74, 6) is 1.27. The Labute approximate surface area is 122 Å². The van der Waals surface area contributed by atoms with Gasteiger partial charge in [0, 0.05) is 19.0 Å². The van der Waals surface area contributed by atoms with Crippen LogP contribution in [0.1, 0.15) is 56.1 Å². The van der Waals surface area contributed by atoms with E-state index in [0.29, 0.717) is 5.91 Å². The van der Waals surface area contributed by atoms with Gasteiger partial charge in [-0.1, -0.05) is 31.2 Å². The molecule has 1 saturated carbocycles. The first-order valence-electron chi connectivity index (χ1n) is 8.11. The normalized spacial score (nSPS) is 20.8. The highest BCUT2D eigenvalue weighted by Crippen LogP contribution is 2.39. The molecule has 1 aromatic rings. The van der Waals surface area contributed by atoms with Crippen molar-refractivity contribution in [1.82, 2.24) is 4.90 Å². The van der Waals surface area contributed by atoms with Crippen molar-refractivity contribution in [3.8, 4) is 0 Å². The van der Waals surface area contributed by atoms with Crippen LogP contribution in [0.25, 0.3) is 0 Å². The highest BCUT2D eigenvalue weighted by molar-refractivity contribution is 5.78. The van der Waals surface area contributed by atoms with E-state index in [1.165, 1.54) is 43.2 Å². The maximum atomic E-state index is 12.4. The molecule has 1 saturated heterocycles. The van der Waals surface area contributed by atoms with E-state index in [0.717, 1.165) is 25.4 Å². The second kappa shape index (κ2) is 5.99. The van der Waals surface area contributed by atoms with Crippen LogP contribution in [-0.2, 0) is 11.2 Å².